The monoisotopic (exact) mass is 1160 g/mol. The lowest BCUT2D eigenvalue weighted by molar-refractivity contribution is -0.386. The number of aliphatic hydroxyl groups is 17. The van der Waals surface area contributed by atoms with Gasteiger partial charge in [-0.25, -0.2) is 0 Å². The zero-order chi connectivity index (χ0) is 59.0. The van der Waals surface area contributed by atoms with Gasteiger partial charge in [-0.05, 0) is 68.7 Å². The van der Waals surface area contributed by atoms with Gasteiger partial charge in [0.25, 0.3) is 0 Å². The molecule has 6 fully saturated rings. The number of hydrogen-bond acceptors (Lipinski definition) is 30. The molecular weight excluding hydrogens is 1070 g/mol. The molecule has 5 saturated heterocycles. The number of ether oxygens (including phenoxy) is 13. The maximum Gasteiger partial charge on any atom is 0.187 e. The normalized spacial score (nSPS) is 47.8. The third-order valence-electron chi connectivity index (χ3n) is 14.3. The first-order valence-corrected chi connectivity index (χ1v) is 26.5. The van der Waals surface area contributed by atoms with E-state index in [1.807, 2.05) is 0 Å². The summed E-state index contributed by atoms with van der Waals surface area (Å²) in [5.41, 5.74) is -2.57. The third kappa shape index (κ3) is 15.8. The van der Waals surface area contributed by atoms with Crippen molar-refractivity contribution in [3.05, 3.63) is 0 Å². The first-order valence-electron chi connectivity index (χ1n) is 26.5. The molecule has 0 amide bonds. The molecule has 5 heterocycles. The van der Waals surface area contributed by atoms with E-state index >= 15 is 0 Å². The molecule has 30 nitrogen and oxygen atoms in total. The topological polar surface area (TPSA) is 464 Å². The average molecular weight is 1160 g/mol. The number of aliphatic hydroxyl groups excluding tert-OH is 17. The summed E-state index contributed by atoms with van der Waals surface area (Å²) in [5.74, 6) is -0.838. The van der Waals surface area contributed by atoms with E-state index in [2.05, 4.69) is 0 Å². The summed E-state index contributed by atoms with van der Waals surface area (Å²) in [4.78, 5) is 0. The molecule has 30 unspecified atom stereocenters. The highest BCUT2D eigenvalue weighted by molar-refractivity contribution is 5.01. The van der Waals surface area contributed by atoms with Crippen molar-refractivity contribution < 1.29 is 148 Å². The summed E-state index contributed by atoms with van der Waals surface area (Å²) in [5, 5.41) is 187. The predicted molar refractivity (Wildman–Crippen MR) is 258 cm³/mol. The Morgan fingerprint density at radius 1 is 0.316 bits per heavy atom. The van der Waals surface area contributed by atoms with E-state index in [0.29, 0.717) is 0 Å². The van der Waals surface area contributed by atoms with Gasteiger partial charge in [0.15, 0.2) is 31.5 Å². The first kappa shape index (κ1) is 66.9. The minimum Gasteiger partial charge on any atom is -0.396 e. The number of hydrogen-bond donors (Lipinski definition) is 17. The van der Waals surface area contributed by atoms with Crippen LogP contribution >= 0.6 is 0 Å². The van der Waals surface area contributed by atoms with Crippen molar-refractivity contribution >= 4 is 0 Å². The zero-order valence-corrected chi connectivity index (χ0v) is 45.7. The average Bonchev–Trinajstić information content (AvgIpc) is 3.37. The van der Waals surface area contributed by atoms with Crippen molar-refractivity contribution in [1.29, 1.82) is 0 Å². The molecule has 30 heteroatoms. The Balaban J connectivity index is 1.18. The first-order chi connectivity index (χ1) is 36.8. The maximum atomic E-state index is 11.8. The van der Waals surface area contributed by atoms with E-state index in [1.54, 1.807) is 62.3 Å². The van der Waals surface area contributed by atoms with Gasteiger partial charge in [-0.2, -0.15) is 0 Å². The molecule has 464 valence electrons. The predicted octanol–water partition coefficient (Wildman–Crippen LogP) is -7.97. The van der Waals surface area contributed by atoms with Crippen molar-refractivity contribution in [2.24, 2.45) is 5.92 Å². The fraction of sp³-hybridized carbons (Fsp3) is 1.00. The molecule has 1 aliphatic carbocycles. The van der Waals surface area contributed by atoms with Crippen LogP contribution in [0, 0.1) is 5.92 Å². The van der Waals surface area contributed by atoms with Gasteiger partial charge in [-0.1, -0.05) is 0 Å². The summed E-state index contributed by atoms with van der Waals surface area (Å²) in [7, 11) is 0. The highest BCUT2D eigenvalue weighted by Gasteiger charge is 2.57. The number of rotatable bonds is 19. The lowest BCUT2D eigenvalue weighted by Crippen LogP contribution is -2.67. The molecule has 0 aromatic heterocycles. The molecule has 0 spiro atoms. The van der Waals surface area contributed by atoms with E-state index < -0.39 is 240 Å². The van der Waals surface area contributed by atoms with E-state index in [4.69, 9.17) is 61.6 Å². The Morgan fingerprint density at radius 3 is 1.01 bits per heavy atom. The van der Waals surface area contributed by atoms with Crippen LogP contribution in [-0.2, 0) is 61.6 Å². The third-order valence-corrected chi connectivity index (χ3v) is 14.3. The van der Waals surface area contributed by atoms with Crippen molar-refractivity contribution in [1.82, 2.24) is 0 Å². The second-order valence-corrected chi connectivity index (χ2v) is 23.9. The largest absolute Gasteiger partial charge is 0.396 e. The Labute approximate surface area is 456 Å². The summed E-state index contributed by atoms with van der Waals surface area (Å²) >= 11 is 0. The SMILES string of the molecule is CC(C)(C)OC1OC(CO)C(OC2OC(COC3OC(CO)C(OC4OC(CO)C(OC5OC(CO)C(OC(C)(C)C)C(O)C5O)C(O)C4O)C(O)C3O)C(OC3CC(CO)C(OC(C)(C)C)C(O)C3O)C(O)C2O)C(O)C1O. The van der Waals surface area contributed by atoms with Crippen molar-refractivity contribution in [3.63, 3.8) is 0 Å². The molecule has 6 aliphatic rings. The molecule has 1 saturated carbocycles. The second-order valence-electron chi connectivity index (χ2n) is 23.9. The molecule has 17 N–H and O–H groups in total. The van der Waals surface area contributed by atoms with Crippen LogP contribution in [0.5, 0.6) is 0 Å². The Bertz CT molecular complexity index is 1830. The minimum atomic E-state index is -2.11. The molecule has 79 heavy (non-hydrogen) atoms. The quantitative estimate of drug-likeness (QED) is 0.0571. The lowest BCUT2D eigenvalue weighted by Gasteiger charge is -2.50. The van der Waals surface area contributed by atoms with Crippen LogP contribution in [-0.4, -0.2) is 321 Å². The summed E-state index contributed by atoms with van der Waals surface area (Å²) in [6.45, 7) is 10.3. The lowest BCUT2D eigenvalue weighted by atomic mass is 9.80. The summed E-state index contributed by atoms with van der Waals surface area (Å²) in [6.07, 6.45) is -50.5. The Kier molecular flexibility index (Phi) is 23.3. The van der Waals surface area contributed by atoms with Gasteiger partial charge in [0.05, 0.1) is 62.0 Å². The second kappa shape index (κ2) is 27.4. The van der Waals surface area contributed by atoms with Gasteiger partial charge < -0.3 is 148 Å². The van der Waals surface area contributed by atoms with Crippen LogP contribution in [0.15, 0.2) is 0 Å². The Hall–Kier alpha value is -1.20. The van der Waals surface area contributed by atoms with E-state index in [1.165, 1.54) is 0 Å². The zero-order valence-electron chi connectivity index (χ0n) is 45.7. The van der Waals surface area contributed by atoms with E-state index in [0.717, 1.165) is 0 Å². The van der Waals surface area contributed by atoms with Crippen molar-refractivity contribution in [2.45, 2.75) is 263 Å². The van der Waals surface area contributed by atoms with E-state index in [9.17, 15) is 86.8 Å². The smallest absolute Gasteiger partial charge is 0.187 e. The molecule has 0 aromatic carbocycles. The molecule has 30 atom stereocenters. The minimum absolute atomic E-state index is 0.178. The van der Waals surface area contributed by atoms with Crippen LogP contribution in [0.4, 0.5) is 0 Å². The van der Waals surface area contributed by atoms with Gasteiger partial charge in [-0.15, -0.1) is 0 Å². The molecule has 5 aliphatic heterocycles. The fourth-order valence-electron chi connectivity index (χ4n) is 10.4. The van der Waals surface area contributed by atoms with E-state index in [-0.39, 0.29) is 6.42 Å². The molecular formula is C49H88O30. The highest BCUT2D eigenvalue weighted by Crippen LogP contribution is 2.39. The fourth-order valence-corrected chi connectivity index (χ4v) is 10.4. The van der Waals surface area contributed by atoms with Gasteiger partial charge in [0, 0.05) is 12.5 Å². The van der Waals surface area contributed by atoms with Crippen LogP contribution in [0.3, 0.4) is 0 Å². The molecule has 0 bridgehead atoms. The molecule has 0 radical (unpaired) electrons. The van der Waals surface area contributed by atoms with Gasteiger partial charge in [0.2, 0.25) is 0 Å². The van der Waals surface area contributed by atoms with Gasteiger partial charge >= 0.3 is 0 Å². The van der Waals surface area contributed by atoms with Gasteiger partial charge in [-0.3, -0.25) is 0 Å². The standard InChI is InChI=1S/C49H88O30/c1-47(2,3)77-36-17(11-50)10-18(24(55)25(36)56)68-40-23(73-45(33(64)28(40)59)76-39-21(14-53)72-46(35(66)29(39)60)79-49(7,8)9)16-67-42-31(62)26(57)37(19(12-51)69-42)74-43-32(63)27(58)38(20(13-52)70-43)75-44-34(65)30(61)41(22(15-54)71-44)78-48(4,5)6/h17-46,50-66H,10-16H2,1-9H3. The summed E-state index contributed by atoms with van der Waals surface area (Å²) in [6, 6.07) is 0. The van der Waals surface area contributed by atoms with Crippen LogP contribution in [0.25, 0.3) is 0 Å². The summed E-state index contributed by atoms with van der Waals surface area (Å²) < 4.78 is 76.1. The van der Waals surface area contributed by atoms with Crippen LogP contribution in [0.2, 0.25) is 0 Å². The van der Waals surface area contributed by atoms with Crippen LogP contribution in [0.1, 0.15) is 68.7 Å². The molecule has 0 aromatic rings. The van der Waals surface area contributed by atoms with Crippen LogP contribution < -0.4 is 0 Å². The Morgan fingerprint density at radius 2 is 0.620 bits per heavy atom. The highest BCUT2D eigenvalue weighted by atomic mass is 16.8. The van der Waals surface area contributed by atoms with Gasteiger partial charge in [0.1, 0.15) is 134 Å². The maximum absolute atomic E-state index is 11.8. The molecule has 6 rings (SSSR count). The van der Waals surface area contributed by atoms with Crippen molar-refractivity contribution in [3.8, 4) is 0 Å². The van der Waals surface area contributed by atoms with Crippen molar-refractivity contribution in [2.75, 3.05) is 39.6 Å².